The Morgan fingerprint density at radius 1 is 1.41 bits per heavy atom. The third-order valence-electron chi connectivity index (χ3n) is 4.70. The van der Waals surface area contributed by atoms with Gasteiger partial charge in [-0.05, 0) is 18.9 Å². The maximum absolute atomic E-state index is 12.4. The Kier molecular flexibility index (Phi) is 3.88. The molecule has 0 bridgehead atoms. The first-order chi connectivity index (χ1) is 10.6. The molecule has 1 aliphatic heterocycles. The molecule has 0 unspecified atom stereocenters. The third-order valence-corrected chi connectivity index (χ3v) is 4.70. The number of hydrogen-bond acceptors (Lipinski definition) is 2. The lowest BCUT2D eigenvalue weighted by Crippen LogP contribution is -2.63. The minimum Gasteiger partial charge on any atom is -0.331 e. The molecule has 116 valence electrons. The summed E-state index contributed by atoms with van der Waals surface area (Å²) in [6, 6.07) is 10.4. The molecule has 1 atom stereocenters. The number of aromatic nitrogens is 2. The lowest BCUT2D eigenvalue weighted by molar-refractivity contribution is 0.0870. The number of rotatable bonds is 4. The Balaban J connectivity index is 1.61. The second kappa shape index (κ2) is 5.83. The normalized spacial score (nSPS) is 17.6. The van der Waals surface area contributed by atoms with Crippen LogP contribution in [0.2, 0.25) is 0 Å². The van der Waals surface area contributed by atoms with Gasteiger partial charge in [0.25, 0.3) is 0 Å². The van der Waals surface area contributed by atoms with Crippen molar-refractivity contribution in [2.75, 3.05) is 13.1 Å². The van der Waals surface area contributed by atoms with E-state index >= 15 is 0 Å². The summed E-state index contributed by atoms with van der Waals surface area (Å²) in [5.41, 5.74) is 2.42. The Morgan fingerprint density at radius 2 is 2.14 bits per heavy atom. The van der Waals surface area contributed by atoms with Gasteiger partial charge in [0.05, 0.1) is 12.2 Å². The highest BCUT2D eigenvalue weighted by Gasteiger charge is 2.45. The monoisotopic (exact) mass is 298 g/mol. The number of urea groups is 1. The Labute approximate surface area is 130 Å². The van der Waals surface area contributed by atoms with Crippen molar-refractivity contribution in [2.24, 2.45) is 0 Å². The van der Waals surface area contributed by atoms with Crippen LogP contribution in [0, 0.1) is 0 Å². The van der Waals surface area contributed by atoms with Crippen LogP contribution in [-0.2, 0) is 5.41 Å². The molecule has 5 nitrogen and oxygen atoms in total. The van der Waals surface area contributed by atoms with Gasteiger partial charge in [-0.3, -0.25) is 5.10 Å². The molecule has 1 saturated heterocycles. The van der Waals surface area contributed by atoms with Crippen LogP contribution in [0.5, 0.6) is 0 Å². The van der Waals surface area contributed by atoms with E-state index in [-0.39, 0.29) is 17.5 Å². The molecule has 2 amide bonds. The fourth-order valence-electron chi connectivity index (χ4n) is 3.09. The van der Waals surface area contributed by atoms with Gasteiger partial charge in [-0.25, -0.2) is 4.79 Å². The molecule has 1 aromatic carbocycles. The molecule has 2 N–H and O–H groups in total. The van der Waals surface area contributed by atoms with Crippen LogP contribution < -0.4 is 5.32 Å². The highest BCUT2D eigenvalue weighted by molar-refractivity contribution is 5.76. The first-order valence-electron chi connectivity index (χ1n) is 7.74. The average molecular weight is 298 g/mol. The molecule has 5 heteroatoms. The van der Waals surface area contributed by atoms with E-state index < -0.39 is 0 Å². The molecule has 3 rings (SSSR count). The van der Waals surface area contributed by atoms with Crippen LogP contribution in [0.25, 0.3) is 0 Å². The standard InChI is InChI=1S/C17H22N4O/c1-3-17(15-7-5-4-6-8-15)11-21(12-17)16(22)20-13(2)14-9-18-19-10-14/h4-10,13H,3,11-12H2,1-2H3,(H,18,19)(H,20,22)/t13-/m1/s1. The number of benzene rings is 1. The van der Waals surface area contributed by atoms with Crippen molar-refractivity contribution >= 4 is 6.03 Å². The van der Waals surface area contributed by atoms with E-state index in [1.807, 2.05) is 17.9 Å². The van der Waals surface area contributed by atoms with Crippen LogP contribution in [0.15, 0.2) is 42.7 Å². The zero-order chi connectivity index (χ0) is 15.6. The predicted octanol–water partition coefficient (Wildman–Crippen LogP) is 2.84. The molecule has 22 heavy (non-hydrogen) atoms. The molecule has 1 aliphatic rings. The lowest BCUT2D eigenvalue weighted by atomic mass is 9.72. The van der Waals surface area contributed by atoms with Crippen LogP contribution >= 0.6 is 0 Å². The van der Waals surface area contributed by atoms with Crippen molar-refractivity contribution in [3.05, 3.63) is 53.9 Å². The molecule has 1 aromatic heterocycles. The van der Waals surface area contributed by atoms with Gasteiger partial charge < -0.3 is 10.2 Å². The highest BCUT2D eigenvalue weighted by atomic mass is 16.2. The van der Waals surface area contributed by atoms with Gasteiger partial charge >= 0.3 is 6.03 Å². The maximum atomic E-state index is 12.4. The maximum Gasteiger partial charge on any atom is 0.317 e. The molecule has 1 fully saturated rings. The summed E-state index contributed by atoms with van der Waals surface area (Å²) in [6.07, 6.45) is 4.58. The second-order valence-corrected chi connectivity index (χ2v) is 6.06. The number of likely N-dealkylation sites (tertiary alicyclic amines) is 1. The summed E-state index contributed by atoms with van der Waals surface area (Å²) in [5, 5.41) is 9.71. The quantitative estimate of drug-likeness (QED) is 0.911. The summed E-state index contributed by atoms with van der Waals surface area (Å²) in [5.74, 6) is 0. The minimum absolute atomic E-state index is 0.00583. The summed E-state index contributed by atoms with van der Waals surface area (Å²) < 4.78 is 0. The number of hydrogen-bond donors (Lipinski definition) is 2. The molecule has 0 aliphatic carbocycles. The van der Waals surface area contributed by atoms with Crippen LogP contribution in [-0.4, -0.2) is 34.2 Å². The van der Waals surface area contributed by atoms with Gasteiger partial charge in [0.15, 0.2) is 0 Å². The third kappa shape index (κ3) is 2.58. The van der Waals surface area contributed by atoms with Crippen LogP contribution in [0.4, 0.5) is 4.79 Å². The van der Waals surface area contributed by atoms with Gasteiger partial charge in [0.2, 0.25) is 0 Å². The van der Waals surface area contributed by atoms with Gasteiger partial charge in [-0.2, -0.15) is 5.10 Å². The van der Waals surface area contributed by atoms with Gasteiger partial charge in [0.1, 0.15) is 0 Å². The fourth-order valence-corrected chi connectivity index (χ4v) is 3.09. The van der Waals surface area contributed by atoms with Crippen molar-refractivity contribution in [3.8, 4) is 0 Å². The molecular weight excluding hydrogens is 276 g/mol. The first-order valence-corrected chi connectivity index (χ1v) is 7.74. The van der Waals surface area contributed by atoms with Crippen LogP contribution in [0.1, 0.15) is 37.4 Å². The second-order valence-electron chi connectivity index (χ2n) is 6.06. The van der Waals surface area contributed by atoms with E-state index in [1.54, 1.807) is 12.4 Å². The van der Waals surface area contributed by atoms with Gasteiger partial charge in [-0.1, -0.05) is 37.3 Å². The van der Waals surface area contributed by atoms with E-state index in [0.29, 0.717) is 0 Å². The number of carbonyl (C=O) groups is 1. The smallest absolute Gasteiger partial charge is 0.317 e. The van der Waals surface area contributed by atoms with Crippen molar-refractivity contribution in [1.82, 2.24) is 20.4 Å². The minimum atomic E-state index is -0.0420. The van der Waals surface area contributed by atoms with Crippen molar-refractivity contribution in [1.29, 1.82) is 0 Å². The Morgan fingerprint density at radius 3 is 2.73 bits per heavy atom. The van der Waals surface area contributed by atoms with E-state index in [0.717, 1.165) is 25.1 Å². The zero-order valence-corrected chi connectivity index (χ0v) is 13.0. The van der Waals surface area contributed by atoms with Crippen LogP contribution in [0.3, 0.4) is 0 Å². The SMILES string of the molecule is CCC1(c2ccccc2)CN(C(=O)N[C@H](C)c2cn[nH]c2)C1. The lowest BCUT2D eigenvalue weighted by Gasteiger charge is -2.50. The summed E-state index contributed by atoms with van der Waals surface area (Å²) in [4.78, 5) is 14.2. The van der Waals surface area contributed by atoms with E-state index in [1.165, 1.54) is 5.56 Å². The number of nitrogens with zero attached hydrogens (tertiary/aromatic N) is 2. The zero-order valence-electron chi connectivity index (χ0n) is 13.0. The van der Waals surface area contributed by atoms with Gasteiger partial charge in [0, 0.05) is 30.3 Å². The molecule has 0 radical (unpaired) electrons. The first kappa shape index (κ1) is 14.6. The highest BCUT2D eigenvalue weighted by Crippen LogP contribution is 2.37. The van der Waals surface area contributed by atoms with E-state index in [9.17, 15) is 4.79 Å². The summed E-state index contributed by atoms with van der Waals surface area (Å²) in [6.45, 7) is 5.71. The van der Waals surface area contributed by atoms with E-state index in [2.05, 4.69) is 46.7 Å². The van der Waals surface area contributed by atoms with Crippen molar-refractivity contribution in [2.45, 2.75) is 31.7 Å². The van der Waals surface area contributed by atoms with Gasteiger partial charge in [-0.15, -0.1) is 0 Å². The topological polar surface area (TPSA) is 61.0 Å². The number of aromatic amines is 1. The van der Waals surface area contributed by atoms with Crippen molar-refractivity contribution in [3.63, 3.8) is 0 Å². The number of amides is 2. The molecular formula is C17H22N4O. The van der Waals surface area contributed by atoms with E-state index in [4.69, 9.17) is 0 Å². The largest absolute Gasteiger partial charge is 0.331 e. The summed E-state index contributed by atoms with van der Waals surface area (Å²) >= 11 is 0. The molecule has 0 saturated carbocycles. The molecule has 2 heterocycles. The number of H-pyrrole nitrogens is 1. The molecule has 0 spiro atoms. The fraction of sp³-hybridized carbons (Fsp3) is 0.412. The summed E-state index contributed by atoms with van der Waals surface area (Å²) in [7, 11) is 0. The predicted molar refractivity (Wildman–Crippen MR) is 85.5 cm³/mol. The number of carbonyl (C=O) groups excluding carboxylic acids is 1. The number of nitrogens with one attached hydrogen (secondary N) is 2. The average Bonchev–Trinajstić information content (AvgIpc) is 3.02. The van der Waals surface area contributed by atoms with Crippen molar-refractivity contribution < 1.29 is 4.79 Å². The Bertz CT molecular complexity index is 617. The molecule has 2 aromatic rings. The Hall–Kier alpha value is -2.30.